The number of rotatable bonds is 5. The fraction of sp³-hybridized carbons (Fsp3) is 0.231. The Labute approximate surface area is 127 Å². The molecule has 4 nitrogen and oxygen atoms in total. The van der Waals surface area contributed by atoms with Gasteiger partial charge in [0.2, 0.25) is 10.0 Å². The van der Waals surface area contributed by atoms with Gasteiger partial charge in [-0.15, -0.1) is 0 Å². The molecular weight excluding hydrogens is 316 g/mol. The first-order chi connectivity index (χ1) is 9.38. The number of sulfonamides is 1. The molecular formula is C13H15ClN2O2S2. The number of anilines is 1. The van der Waals surface area contributed by atoms with E-state index in [4.69, 9.17) is 17.3 Å². The predicted octanol–water partition coefficient (Wildman–Crippen LogP) is 2.89. The Morgan fingerprint density at radius 3 is 2.80 bits per heavy atom. The molecule has 108 valence electrons. The van der Waals surface area contributed by atoms with Crippen molar-refractivity contribution in [2.45, 2.75) is 24.3 Å². The maximum atomic E-state index is 12.3. The van der Waals surface area contributed by atoms with Crippen molar-refractivity contribution in [3.8, 4) is 0 Å². The highest BCUT2D eigenvalue weighted by molar-refractivity contribution is 7.89. The van der Waals surface area contributed by atoms with Gasteiger partial charge in [0.05, 0.1) is 5.69 Å². The maximum Gasteiger partial charge on any atom is 0.242 e. The molecule has 0 spiro atoms. The Bertz CT molecular complexity index is 684. The lowest BCUT2D eigenvalue weighted by Crippen LogP contribution is -2.34. The van der Waals surface area contributed by atoms with Crippen molar-refractivity contribution in [3.05, 3.63) is 45.6 Å². The third-order valence-corrected chi connectivity index (χ3v) is 5.36. The van der Waals surface area contributed by atoms with Crippen LogP contribution in [0.5, 0.6) is 0 Å². The summed E-state index contributed by atoms with van der Waals surface area (Å²) in [5.41, 5.74) is 7.00. The van der Waals surface area contributed by atoms with Crippen LogP contribution in [0.3, 0.4) is 0 Å². The van der Waals surface area contributed by atoms with Crippen molar-refractivity contribution < 1.29 is 8.42 Å². The monoisotopic (exact) mass is 330 g/mol. The number of nitrogens with two attached hydrogens (primary N) is 1. The van der Waals surface area contributed by atoms with E-state index in [9.17, 15) is 8.42 Å². The molecule has 0 radical (unpaired) electrons. The zero-order valence-corrected chi connectivity index (χ0v) is 13.2. The minimum absolute atomic E-state index is 0.0159. The second-order valence-corrected chi connectivity index (χ2v) is 7.44. The molecule has 7 heteroatoms. The number of nitrogen functional groups attached to an aromatic ring is 1. The molecule has 1 unspecified atom stereocenters. The topological polar surface area (TPSA) is 72.2 Å². The van der Waals surface area contributed by atoms with Gasteiger partial charge in [0.15, 0.2) is 0 Å². The Morgan fingerprint density at radius 1 is 1.40 bits per heavy atom. The van der Waals surface area contributed by atoms with Crippen LogP contribution < -0.4 is 10.5 Å². The van der Waals surface area contributed by atoms with Gasteiger partial charge in [0.25, 0.3) is 0 Å². The van der Waals surface area contributed by atoms with Gasteiger partial charge in [-0.3, -0.25) is 0 Å². The van der Waals surface area contributed by atoms with Gasteiger partial charge in [0.1, 0.15) is 4.90 Å². The van der Waals surface area contributed by atoms with Crippen molar-refractivity contribution >= 4 is 38.6 Å². The molecule has 20 heavy (non-hydrogen) atoms. The number of thiophene rings is 1. The number of nitrogens with one attached hydrogen (secondary N) is 1. The molecule has 2 aromatic rings. The van der Waals surface area contributed by atoms with Crippen molar-refractivity contribution in [3.63, 3.8) is 0 Å². The first kappa shape index (κ1) is 15.3. The van der Waals surface area contributed by atoms with E-state index >= 15 is 0 Å². The molecule has 1 aromatic heterocycles. The molecule has 0 fully saturated rings. The van der Waals surface area contributed by atoms with E-state index in [-0.39, 0.29) is 16.6 Å². The highest BCUT2D eigenvalue weighted by Gasteiger charge is 2.20. The van der Waals surface area contributed by atoms with E-state index in [1.165, 1.54) is 12.1 Å². The third kappa shape index (κ3) is 3.73. The number of hydrogen-bond acceptors (Lipinski definition) is 4. The summed E-state index contributed by atoms with van der Waals surface area (Å²) in [6, 6.07) is 6.15. The standard InChI is InChI=1S/C13H15ClN2O2S2/c1-9(6-10-4-5-19-8-10)16-20(17,18)13-7-11(14)2-3-12(13)15/h2-5,7-9,16H,6,15H2,1H3. The maximum absolute atomic E-state index is 12.3. The van der Waals surface area contributed by atoms with Crippen molar-refractivity contribution in [1.82, 2.24) is 4.72 Å². The van der Waals surface area contributed by atoms with Crippen LogP contribution in [-0.2, 0) is 16.4 Å². The summed E-state index contributed by atoms with van der Waals surface area (Å²) >= 11 is 7.41. The van der Waals surface area contributed by atoms with Crippen LogP contribution in [0.1, 0.15) is 12.5 Å². The minimum Gasteiger partial charge on any atom is -0.398 e. The number of hydrogen-bond donors (Lipinski definition) is 2. The number of halogens is 1. The quantitative estimate of drug-likeness (QED) is 0.828. The molecule has 0 amide bonds. The zero-order valence-electron chi connectivity index (χ0n) is 10.8. The first-order valence-electron chi connectivity index (χ1n) is 5.97. The van der Waals surface area contributed by atoms with Crippen LogP contribution in [0, 0.1) is 0 Å². The number of benzene rings is 1. The summed E-state index contributed by atoms with van der Waals surface area (Å²) in [6.45, 7) is 1.82. The van der Waals surface area contributed by atoms with Gasteiger partial charge in [-0.25, -0.2) is 13.1 Å². The molecule has 1 heterocycles. The van der Waals surface area contributed by atoms with Gasteiger partial charge < -0.3 is 5.73 Å². The van der Waals surface area contributed by atoms with Gasteiger partial charge in [-0.2, -0.15) is 11.3 Å². The van der Waals surface area contributed by atoms with Crippen molar-refractivity contribution in [2.75, 3.05) is 5.73 Å². The highest BCUT2D eigenvalue weighted by atomic mass is 35.5. The van der Waals surface area contributed by atoms with E-state index in [2.05, 4.69) is 4.72 Å². The van der Waals surface area contributed by atoms with Crippen LogP contribution in [0.25, 0.3) is 0 Å². The summed E-state index contributed by atoms with van der Waals surface area (Å²) in [4.78, 5) is 0.0159. The summed E-state index contributed by atoms with van der Waals surface area (Å²) in [5, 5.41) is 4.30. The van der Waals surface area contributed by atoms with Crippen LogP contribution in [0.15, 0.2) is 39.9 Å². The van der Waals surface area contributed by atoms with Crippen LogP contribution >= 0.6 is 22.9 Å². The molecule has 0 bridgehead atoms. The fourth-order valence-corrected chi connectivity index (χ4v) is 4.19. The van der Waals surface area contributed by atoms with Gasteiger partial charge in [-0.1, -0.05) is 11.6 Å². The minimum atomic E-state index is -3.67. The van der Waals surface area contributed by atoms with E-state index in [1.54, 1.807) is 17.4 Å². The van der Waals surface area contributed by atoms with Crippen LogP contribution in [0.2, 0.25) is 5.02 Å². The first-order valence-corrected chi connectivity index (χ1v) is 8.77. The van der Waals surface area contributed by atoms with Crippen molar-refractivity contribution in [1.29, 1.82) is 0 Å². The molecule has 0 aliphatic rings. The Balaban J connectivity index is 2.16. The molecule has 1 aromatic carbocycles. The molecule has 2 rings (SSSR count). The highest BCUT2D eigenvalue weighted by Crippen LogP contribution is 2.23. The van der Waals surface area contributed by atoms with E-state index in [0.717, 1.165) is 5.56 Å². The Hall–Kier alpha value is -1.08. The zero-order chi connectivity index (χ0) is 14.8. The second-order valence-electron chi connectivity index (χ2n) is 4.54. The summed E-state index contributed by atoms with van der Waals surface area (Å²) in [7, 11) is -3.67. The van der Waals surface area contributed by atoms with Gasteiger partial charge in [0, 0.05) is 11.1 Å². The van der Waals surface area contributed by atoms with Crippen molar-refractivity contribution in [2.24, 2.45) is 0 Å². The Kier molecular flexibility index (Phi) is 4.70. The van der Waals surface area contributed by atoms with Crippen LogP contribution in [-0.4, -0.2) is 14.5 Å². The second kappa shape index (κ2) is 6.13. The SMILES string of the molecule is CC(Cc1ccsc1)NS(=O)(=O)c1cc(Cl)ccc1N. The van der Waals surface area contributed by atoms with Gasteiger partial charge >= 0.3 is 0 Å². The smallest absolute Gasteiger partial charge is 0.242 e. The molecule has 0 aliphatic heterocycles. The summed E-state index contributed by atoms with van der Waals surface area (Å²) in [5.74, 6) is 0. The molecule has 1 atom stereocenters. The van der Waals surface area contributed by atoms with E-state index < -0.39 is 10.0 Å². The lowest BCUT2D eigenvalue weighted by Gasteiger charge is -2.15. The lowest BCUT2D eigenvalue weighted by molar-refractivity contribution is 0.560. The average molecular weight is 331 g/mol. The average Bonchev–Trinajstić information content (AvgIpc) is 2.84. The van der Waals surface area contributed by atoms with Gasteiger partial charge in [-0.05, 0) is 53.9 Å². The lowest BCUT2D eigenvalue weighted by atomic mass is 10.1. The molecule has 0 saturated carbocycles. The van der Waals surface area contributed by atoms with E-state index in [1.807, 2.05) is 23.8 Å². The van der Waals surface area contributed by atoms with Crippen LogP contribution in [0.4, 0.5) is 5.69 Å². The predicted molar refractivity (Wildman–Crippen MR) is 83.7 cm³/mol. The summed E-state index contributed by atoms with van der Waals surface area (Å²) < 4.78 is 27.2. The Morgan fingerprint density at radius 2 is 2.15 bits per heavy atom. The molecule has 0 aliphatic carbocycles. The van der Waals surface area contributed by atoms with E-state index in [0.29, 0.717) is 11.4 Å². The normalized spacial score (nSPS) is 13.3. The third-order valence-electron chi connectivity index (χ3n) is 2.74. The molecule has 0 saturated heterocycles. The largest absolute Gasteiger partial charge is 0.398 e. The summed E-state index contributed by atoms with van der Waals surface area (Å²) in [6.07, 6.45) is 0.628. The fourth-order valence-electron chi connectivity index (χ4n) is 1.87. The molecule has 3 N–H and O–H groups in total.